The van der Waals surface area contributed by atoms with Gasteiger partial charge in [0.05, 0.1) is 11.2 Å². The average Bonchev–Trinajstić information content (AvgIpc) is 2.95. The van der Waals surface area contributed by atoms with Crippen LogP contribution in [0.2, 0.25) is 0 Å². The number of aliphatic hydroxyl groups is 1. The smallest absolute Gasteiger partial charge is 0.254 e. The molecule has 20 heavy (non-hydrogen) atoms. The second-order valence-electron chi connectivity index (χ2n) is 5.31. The van der Waals surface area contributed by atoms with Gasteiger partial charge >= 0.3 is 0 Å². The van der Waals surface area contributed by atoms with Crippen molar-refractivity contribution < 1.29 is 14.3 Å². The third-order valence-electron chi connectivity index (χ3n) is 3.08. The molecular formula is C15H19NO3S. The number of carbonyl (C=O) groups excluding carboxylic acids is 1. The molecule has 2 aromatic heterocycles. The first-order valence-electron chi connectivity index (χ1n) is 6.46. The molecular weight excluding hydrogens is 274 g/mol. The van der Waals surface area contributed by atoms with Gasteiger partial charge in [0.1, 0.15) is 11.5 Å². The average molecular weight is 293 g/mol. The second-order valence-corrected chi connectivity index (χ2v) is 6.09. The van der Waals surface area contributed by atoms with Gasteiger partial charge in [0.25, 0.3) is 5.91 Å². The van der Waals surface area contributed by atoms with Gasteiger partial charge in [0.15, 0.2) is 0 Å². The largest absolute Gasteiger partial charge is 0.466 e. The van der Waals surface area contributed by atoms with E-state index in [2.05, 4.69) is 5.32 Å². The Bertz CT molecular complexity index is 584. The predicted molar refractivity (Wildman–Crippen MR) is 79.2 cm³/mol. The number of nitrogens with one attached hydrogen (secondary N) is 1. The van der Waals surface area contributed by atoms with E-state index in [0.717, 1.165) is 5.56 Å². The highest BCUT2D eigenvalue weighted by atomic mass is 32.1. The van der Waals surface area contributed by atoms with E-state index in [0.29, 0.717) is 23.5 Å². The number of furan rings is 1. The van der Waals surface area contributed by atoms with Crippen molar-refractivity contribution in [2.45, 2.75) is 32.8 Å². The van der Waals surface area contributed by atoms with Crippen molar-refractivity contribution in [1.82, 2.24) is 5.32 Å². The van der Waals surface area contributed by atoms with Crippen LogP contribution in [0.4, 0.5) is 0 Å². The Morgan fingerprint density at radius 2 is 2.25 bits per heavy atom. The third kappa shape index (κ3) is 3.71. The molecule has 0 bridgehead atoms. The van der Waals surface area contributed by atoms with Crippen LogP contribution in [0, 0.1) is 13.8 Å². The molecule has 1 atom stereocenters. The monoisotopic (exact) mass is 293 g/mol. The highest BCUT2D eigenvalue weighted by Gasteiger charge is 2.23. The second kappa shape index (κ2) is 5.81. The quantitative estimate of drug-likeness (QED) is 0.891. The van der Waals surface area contributed by atoms with Gasteiger partial charge in [-0.05, 0) is 49.2 Å². The zero-order valence-corrected chi connectivity index (χ0v) is 12.7. The molecule has 0 fully saturated rings. The van der Waals surface area contributed by atoms with Crippen LogP contribution in [0.5, 0.6) is 0 Å². The fourth-order valence-electron chi connectivity index (χ4n) is 2.12. The predicted octanol–water partition coefficient (Wildman–Crippen LogP) is 2.68. The first kappa shape index (κ1) is 14.8. The molecule has 2 aromatic rings. The van der Waals surface area contributed by atoms with Crippen molar-refractivity contribution in [1.29, 1.82) is 0 Å². The van der Waals surface area contributed by atoms with Gasteiger partial charge in [0, 0.05) is 13.0 Å². The maximum absolute atomic E-state index is 12.0. The van der Waals surface area contributed by atoms with Crippen LogP contribution in [0.3, 0.4) is 0 Å². The molecule has 108 valence electrons. The van der Waals surface area contributed by atoms with Crippen LogP contribution in [0.25, 0.3) is 0 Å². The fourth-order valence-corrected chi connectivity index (χ4v) is 2.79. The number of rotatable bonds is 5. The van der Waals surface area contributed by atoms with E-state index in [9.17, 15) is 9.90 Å². The molecule has 2 N–H and O–H groups in total. The lowest BCUT2D eigenvalue weighted by atomic mass is 9.98. The molecule has 2 rings (SSSR count). The molecule has 2 heterocycles. The van der Waals surface area contributed by atoms with E-state index in [1.807, 2.05) is 16.8 Å². The maximum Gasteiger partial charge on any atom is 0.254 e. The lowest BCUT2D eigenvalue weighted by Gasteiger charge is -2.23. The van der Waals surface area contributed by atoms with Crippen LogP contribution >= 0.6 is 11.3 Å². The van der Waals surface area contributed by atoms with Crippen molar-refractivity contribution >= 4 is 17.2 Å². The van der Waals surface area contributed by atoms with Crippen LogP contribution in [-0.4, -0.2) is 23.2 Å². The molecule has 4 nitrogen and oxygen atoms in total. The van der Waals surface area contributed by atoms with Crippen molar-refractivity contribution in [3.05, 3.63) is 45.5 Å². The maximum atomic E-state index is 12.0. The first-order chi connectivity index (χ1) is 9.37. The highest BCUT2D eigenvalue weighted by molar-refractivity contribution is 7.07. The Balaban J connectivity index is 1.94. The fraction of sp³-hybridized carbons (Fsp3) is 0.400. The van der Waals surface area contributed by atoms with Crippen molar-refractivity contribution in [2.24, 2.45) is 0 Å². The zero-order valence-electron chi connectivity index (χ0n) is 11.9. The standard InChI is InChI=1S/C15H19NO3S/c1-10-6-13(11(2)19-10)14(17)16-9-15(3,18)7-12-4-5-20-8-12/h4-6,8,18H,7,9H2,1-3H3,(H,16,17). The molecule has 1 unspecified atom stereocenters. The highest BCUT2D eigenvalue weighted by Crippen LogP contribution is 2.16. The topological polar surface area (TPSA) is 62.5 Å². The Hall–Kier alpha value is -1.59. The molecule has 0 aliphatic carbocycles. The van der Waals surface area contributed by atoms with Gasteiger partial charge in [-0.15, -0.1) is 0 Å². The van der Waals surface area contributed by atoms with Gasteiger partial charge in [-0.3, -0.25) is 4.79 Å². The number of aryl methyl sites for hydroxylation is 2. The number of hydrogen-bond acceptors (Lipinski definition) is 4. The summed E-state index contributed by atoms with van der Waals surface area (Å²) in [5.41, 5.74) is 0.627. The van der Waals surface area contributed by atoms with Crippen molar-refractivity contribution in [3.8, 4) is 0 Å². The minimum Gasteiger partial charge on any atom is -0.466 e. The summed E-state index contributed by atoms with van der Waals surface area (Å²) < 4.78 is 5.33. The van der Waals surface area contributed by atoms with Crippen molar-refractivity contribution in [2.75, 3.05) is 6.54 Å². The molecule has 0 aromatic carbocycles. The lowest BCUT2D eigenvalue weighted by molar-refractivity contribution is 0.0553. The van der Waals surface area contributed by atoms with E-state index in [1.165, 1.54) is 0 Å². The SMILES string of the molecule is Cc1cc(C(=O)NCC(C)(O)Cc2ccsc2)c(C)o1. The summed E-state index contributed by atoms with van der Waals surface area (Å²) in [6.45, 7) is 5.48. The van der Waals surface area contributed by atoms with E-state index >= 15 is 0 Å². The van der Waals surface area contributed by atoms with Gasteiger partial charge < -0.3 is 14.8 Å². The molecule has 5 heteroatoms. The third-order valence-corrected chi connectivity index (χ3v) is 3.81. The van der Waals surface area contributed by atoms with E-state index < -0.39 is 5.60 Å². The summed E-state index contributed by atoms with van der Waals surface area (Å²) >= 11 is 1.60. The number of hydrogen-bond donors (Lipinski definition) is 2. The molecule has 0 saturated carbocycles. The molecule has 0 aliphatic rings. The first-order valence-corrected chi connectivity index (χ1v) is 7.40. The lowest BCUT2D eigenvalue weighted by Crippen LogP contribution is -2.42. The molecule has 1 amide bonds. The summed E-state index contributed by atoms with van der Waals surface area (Å²) in [6.07, 6.45) is 0.514. The zero-order chi connectivity index (χ0) is 14.8. The number of amides is 1. The summed E-state index contributed by atoms with van der Waals surface area (Å²) in [7, 11) is 0. The number of carbonyl (C=O) groups is 1. The van der Waals surface area contributed by atoms with Crippen LogP contribution in [0.1, 0.15) is 34.4 Å². The molecule has 0 spiro atoms. The van der Waals surface area contributed by atoms with E-state index in [4.69, 9.17) is 4.42 Å². The normalized spacial score (nSPS) is 14.0. The van der Waals surface area contributed by atoms with Crippen LogP contribution in [-0.2, 0) is 6.42 Å². The van der Waals surface area contributed by atoms with Crippen molar-refractivity contribution in [3.63, 3.8) is 0 Å². The molecule has 0 aliphatic heterocycles. The Morgan fingerprint density at radius 3 is 2.80 bits per heavy atom. The Labute approximate surface area is 122 Å². The summed E-state index contributed by atoms with van der Waals surface area (Å²) in [5.74, 6) is 1.08. The van der Waals surface area contributed by atoms with Gasteiger partial charge in [-0.2, -0.15) is 11.3 Å². The van der Waals surface area contributed by atoms with Gasteiger partial charge in [0.2, 0.25) is 0 Å². The van der Waals surface area contributed by atoms with E-state index in [1.54, 1.807) is 38.2 Å². The summed E-state index contributed by atoms with van der Waals surface area (Å²) in [4.78, 5) is 12.0. The van der Waals surface area contributed by atoms with Gasteiger partial charge in [-0.25, -0.2) is 0 Å². The number of thiophene rings is 1. The van der Waals surface area contributed by atoms with Crippen LogP contribution in [0.15, 0.2) is 27.3 Å². The molecule has 0 saturated heterocycles. The minimum absolute atomic E-state index is 0.200. The summed E-state index contributed by atoms with van der Waals surface area (Å²) in [5, 5.41) is 17.1. The summed E-state index contributed by atoms with van der Waals surface area (Å²) in [6, 6.07) is 3.68. The van der Waals surface area contributed by atoms with E-state index in [-0.39, 0.29) is 12.5 Å². The Kier molecular flexibility index (Phi) is 4.30. The minimum atomic E-state index is -0.969. The Morgan fingerprint density at radius 1 is 1.50 bits per heavy atom. The van der Waals surface area contributed by atoms with Gasteiger partial charge in [-0.1, -0.05) is 0 Å². The molecule has 0 radical (unpaired) electrons. The van der Waals surface area contributed by atoms with Crippen LogP contribution < -0.4 is 5.32 Å².